The molecule has 1 aliphatic rings. The second kappa shape index (κ2) is 5.91. The third-order valence-electron chi connectivity index (χ3n) is 3.91. The van der Waals surface area contributed by atoms with Crippen LogP contribution < -0.4 is 10.9 Å². The fraction of sp³-hybridized carbons (Fsp3) is 0.688. The number of hydrogen-bond acceptors (Lipinski definition) is 2. The van der Waals surface area contributed by atoms with Gasteiger partial charge in [-0.3, -0.25) is 4.79 Å². The summed E-state index contributed by atoms with van der Waals surface area (Å²) in [6.45, 7) is 10.0. The van der Waals surface area contributed by atoms with Gasteiger partial charge in [0.15, 0.2) is 0 Å². The first-order chi connectivity index (χ1) is 8.99. The second-order valence-electron chi connectivity index (χ2n) is 6.24. The molecule has 3 nitrogen and oxygen atoms in total. The monoisotopic (exact) mass is 262 g/mol. The first-order valence-corrected chi connectivity index (χ1v) is 7.42. The Labute approximate surface area is 116 Å². The maximum Gasteiger partial charge on any atom is 0.255 e. The lowest BCUT2D eigenvalue weighted by atomic mass is 10.1. The Hall–Kier alpha value is -1.09. The molecule has 0 aromatic carbocycles. The van der Waals surface area contributed by atoms with Gasteiger partial charge in [-0.25, -0.2) is 0 Å². The summed E-state index contributed by atoms with van der Waals surface area (Å²) in [5.41, 5.74) is 3.35. The molecule has 1 N–H and O–H groups in total. The molecule has 0 saturated heterocycles. The van der Waals surface area contributed by atoms with Crippen molar-refractivity contribution >= 4 is 0 Å². The molecule has 19 heavy (non-hydrogen) atoms. The second-order valence-corrected chi connectivity index (χ2v) is 6.24. The van der Waals surface area contributed by atoms with Gasteiger partial charge in [0.1, 0.15) is 0 Å². The molecule has 0 spiro atoms. The Morgan fingerprint density at radius 3 is 2.63 bits per heavy atom. The molecule has 1 aromatic rings. The van der Waals surface area contributed by atoms with Crippen LogP contribution in [0.1, 0.15) is 49.9 Å². The van der Waals surface area contributed by atoms with E-state index in [-0.39, 0.29) is 5.56 Å². The smallest absolute Gasteiger partial charge is 0.255 e. The van der Waals surface area contributed by atoms with Crippen LogP contribution in [-0.4, -0.2) is 10.6 Å². The van der Waals surface area contributed by atoms with E-state index < -0.39 is 0 Å². The molecular formula is C16H26N2O. The normalized spacial score (nSPS) is 15.2. The SMILES string of the molecule is Cc1cc(C)n(CCC(C)C)c(=O)c1CNC1CC1. The Morgan fingerprint density at radius 1 is 1.37 bits per heavy atom. The minimum Gasteiger partial charge on any atom is -0.313 e. The lowest BCUT2D eigenvalue weighted by Crippen LogP contribution is -2.30. The van der Waals surface area contributed by atoms with Gasteiger partial charge in [0.2, 0.25) is 0 Å². The van der Waals surface area contributed by atoms with Crippen molar-refractivity contribution in [1.82, 2.24) is 9.88 Å². The third-order valence-corrected chi connectivity index (χ3v) is 3.91. The van der Waals surface area contributed by atoms with Crippen LogP contribution in [0.3, 0.4) is 0 Å². The van der Waals surface area contributed by atoms with Crippen LogP contribution >= 0.6 is 0 Å². The fourth-order valence-electron chi connectivity index (χ4n) is 2.38. The van der Waals surface area contributed by atoms with Crippen LogP contribution in [0.15, 0.2) is 10.9 Å². The van der Waals surface area contributed by atoms with Gasteiger partial charge >= 0.3 is 0 Å². The maximum atomic E-state index is 12.6. The van der Waals surface area contributed by atoms with Crippen molar-refractivity contribution in [2.45, 2.75) is 66.1 Å². The van der Waals surface area contributed by atoms with E-state index in [1.807, 2.05) is 18.4 Å². The van der Waals surface area contributed by atoms with Gasteiger partial charge in [-0.2, -0.15) is 0 Å². The Bertz CT molecular complexity index is 465. The first kappa shape index (κ1) is 14.3. The van der Waals surface area contributed by atoms with Crippen molar-refractivity contribution in [3.8, 4) is 0 Å². The van der Waals surface area contributed by atoms with Gasteiger partial charge in [0, 0.05) is 30.4 Å². The number of pyridine rings is 1. The molecule has 106 valence electrons. The van der Waals surface area contributed by atoms with Crippen LogP contribution in [0.2, 0.25) is 0 Å². The molecule has 1 aliphatic carbocycles. The van der Waals surface area contributed by atoms with E-state index in [9.17, 15) is 4.79 Å². The highest BCUT2D eigenvalue weighted by Crippen LogP contribution is 2.19. The highest BCUT2D eigenvalue weighted by atomic mass is 16.1. The van der Waals surface area contributed by atoms with E-state index in [4.69, 9.17) is 0 Å². The maximum absolute atomic E-state index is 12.6. The summed E-state index contributed by atoms with van der Waals surface area (Å²) < 4.78 is 1.94. The van der Waals surface area contributed by atoms with Gasteiger partial charge < -0.3 is 9.88 Å². The number of nitrogens with one attached hydrogen (secondary N) is 1. The van der Waals surface area contributed by atoms with Crippen molar-refractivity contribution in [2.75, 3.05) is 0 Å². The largest absolute Gasteiger partial charge is 0.313 e. The summed E-state index contributed by atoms with van der Waals surface area (Å²) in [4.78, 5) is 12.6. The molecule has 1 saturated carbocycles. The zero-order chi connectivity index (χ0) is 14.0. The lowest BCUT2D eigenvalue weighted by molar-refractivity contribution is 0.498. The summed E-state index contributed by atoms with van der Waals surface area (Å²) in [6.07, 6.45) is 3.57. The minimum atomic E-state index is 0.200. The predicted octanol–water partition coefficient (Wildman–Crippen LogP) is 2.76. The summed E-state index contributed by atoms with van der Waals surface area (Å²) in [7, 11) is 0. The van der Waals surface area contributed by atoms with Crippen LogP contribution in [0.25, 0.3) is 0 Å². The molecule has 0 atom stereocenters. The van der Waals surface area contributed by atoms with Crippen molar-refractivity contribution in [2.24, 2.45) is 5.92 Å². The summed E-state index contributed by atoms with van der Waals surface area (Å²) >= 11 is 0. The standard InChI is InChI=1S/C16H26N2O/c1-11(2)7-8-18-13(4)9-12(3)15(16(18)19)10-17-14-5-6-14/h9,11,14,17H,5-8,10H2,1-4H3. The Morgan fingerprint density at radius 2 is 2.05 bits per heavy atom. The van der Waals surface area contributed by atoms with Gasteiger partial charge in [0.25, 0.3) is 5.56 Å². The zero-order valence-corrected chi connectivity index (χ0v) is 12.6. The molecule has 0 unspecified atom stereocenters. The summed E-state index contributed by atoms with van der Waals surface area (Å²) in [5, 5.41) is 3.45. The van der Waals surface area contributed by atoms with Crippen molar-refractivity contribution in [3.63, 3.8) is 0 Å². The minimum absolute atomic E-state index is 0.200. The van der Waals surface area contributed by atoms with E-state index >= 15 is 0 Å². The highest BCUT2D eigenvalue weighted by molar-refractivity contribution is 5.26. The molecule has 0 aliphatic heterocycles. The van der Waals surface area contributed by atoms with E-state index in [0.29, 0.717) is 12.0 Å². The Kier molecular flexibility index (Phi) is 4.46. The average Bonchev–Trinajstić information content (AvgIpc) is 3.11. The van der Waals surface area contributed by atoms with Crippen LogP contribution in [0, 0.1) is 19.8 Å². The van der Waals surface area contributed by atoms with E-state index in [1.165, 1.54) is 12.8 Å². The molecule has 1 aromatic heterocycles. The molecule has 0 amide bonds. The Balaban J connectivity index is 2.21. The van der Waals surface area contributed by atoms with Crippen molar-refractivity contribution < 1.29 is 0 Å². The van der Waals surface area contributed by atoms with Crippen molar-refractivity contribution in [3.05, 3.63) is 33.2 Å². The molecule has 3 heteroatoms. The molecule has 2 rings (SSSR count). The summed E-state index contributed by atoms with van der Waals surface area (Å²) in [6, 6.07) is 2.79. The molecule has 1 heterocycles. The fourth-order valence-corrected chi connectivity index (χ4v) is 2.38. The van der Waals surface area contributed by atoms with E-state index in [1.54, 1.807) is 0 Å². The summed E-state index contributed by atoms with van der Waals surface area (Å²) in [5.74, 6) is 0.626. The van der Waals surface area contributed by atoms with E-state index in [0.717, 1.165) is 36.3 Å². The lowest BCUT2D eigenvalue weighted by Gasteiger charge is -2.15. The predicted molar refractivity (Wildman–Crippen MR) is 79.5 cm³/mol. The van der Waals surface area contributed by atoms with E-state index in [2.05, 4.69) is 25.2 Å². The quantitative estimate of drug-likeness (QED) is 0.855. The number of aromatic nitrogens is 1. The van der Waals surface area contributed by atoms with Crippen molar-refractivity contribution in [1.29, 1.82) is 0 Å². The van der Waals surface area contributed by atoms with Gasteiger partial charge in [-0.05, 0) is 50.7 Å². The van der Waals surface area contributed by atoms with Gasteiger partial charge in [0.05, 0.1) is 0 Å². The number of aryl methyl sites for hydroxylation is 2. The zero-order valence-electron chi connectivity index (χ0n) is 12.6. The first-order valence-electron chi connectivity index (χ1n) is 7.42. The molecule has 0 radical (unpaired) electrons. The third kappa shape index (κ3) is 3.69. The average molecular weight is 262 g/mol. The van der Waals surface area contributed by atoms with Gasteiger partial charge in [-0.15, -0.1) is 0 Å². The number of nitrogens with zero attached hydrogens (tertiary/aromatic N) is 1. The number of hydrogen-bond donors (Lipinski definition) is 1. The van der Waals surface area contributed by atoms with Crippen LogP contribution in [-0.2, 0) is 13.1 Å². The van der Waals surface area contributed by atoms with Crippen LogP contribution in [0.4, 0.5) is 0 Å². The molecule has 0 bridgehead atoms. The van der Waals surface area contributed by atoms with Crippen LogP contribution in [0.5, 0.6) is 0 Å². The molecular weight excluding hydrogens is 236 g/mol. The highest BCUT2D eigenvalue weighted by Gasteiger charge is 2.21. The van der Waals surface area contributed by atoms with Gasteiger partial charge in [-0.1, -0.05) is 13.8 Å². The topological polar surface area (TPSA) is 34.0 Å². The number of rotatable bonds is 6. The molecule has 1 fully saturated rings.